The minimum absolute atomic E-state index is 0.104. The minimum Gasteiger partial charge on any atom is -0.325 e. The molecule has 1 aliphatic heterocycles. The molecule has 0 radical (unpaired) electrons. The van der Waals surface area contributed by atoms with Crippen LogP contribution in [0, 0.1) is 17.2 Å². The first-order chi connectivity index (χ1) is 9.39. The molecule has 0 aromatic heterocycles. The van der Waals surface area contributed by atoms with Crippen LogP contribution >= 0.6 is 11.6 Å². The topological polar surface area (TPSA) is 41.1 Å². The van der Waals surface area contributed by atoms with Crippen LogP contribution in [-0.2, 0) is 4.79 Å². The highest BCUT2D eigenvalue weighted by Crippen LogP contribution is 2.33. The standard InChI is InChI=1S/C15H20ClFN2O/c1-15(2,10-4-3-5-18-9-10)14(20)19-13-7-11(16)6-12(17)8-13/h6-8,10,18H,3-5,9H2,1-2H3,(H,19,20). The van der Waals surface area contributed by atoms with E-state index < -0.39 is 11.2 Å². The number of hydrogen-bond acceptors (Lipinski definition) is 2. The lowest BCUT2D eigenvalue weighted by Gasteiger charge is -2.36. The van der Waals surface area contributed by atoms with E-state index in [0.717, 1.165) is 25.9 Å². The van der Waals surface area contributed by atoms with Crippen molar-refractivity contribution >= 4 is 23.2 Å². The summed E-state index contributed by atoms with van der Waals surface area (Å²) in [6.07, 6.45) is 2.10. The number of halogens is 2. The molecule has 110 valence electrons. The molecule has 1 aliphatic rings. The molecule has 1 heterocycles. The van der Waals surface area contributed by atoms with E-state index in [1.807, 2.05) is 13.8 Å². The largest absolute Gasteiger partial charge is 0.325 e. The molecule has 1 amide bonds. The highest BCUT2D eigenvalue weighted by Gasteiger charge is 2.37. The van der Waals surface area contributed by atoms with Crippen LogP contribution in [0.3, 0.4) is 0 Å². The Labute approximate surface area is 123 Å². The fourth-order valence-corrected chi connectivity index (χ4v) is 2.79. The molecule has 3 nitrogen and oxygen atoms in total. The summed E-state index contributed by atoms with van der Waals surface area (Å²) in [6, 6.07) is 4.05. The Morgan fingerprint density at radius 1 is 1.45 bits per heavy atom. The maximum Gasteiger partial charge on any atom is 0.230 e. The summed E-state index contributed by atoms with van der Waals surface area (Å²) in [5.74, 6) is -0.280. The Morgan fingerprint density at radius 3 is 2.80 bits per heavy atom. The van der Waals surface area contributed by atoms with E-state index in [4.69, 9.17) is 11.6 Å². The van der Waals surface area contributed by atoms with Crippen molar-refractivity contribution in [1.82, 2.24) is 5.32 Å². The van der Waals surface area contributed by atoms with Gasteiger partial charge in [0, 0.05) is 16.1 Å². The monoisotopic (exact) mass is 298 g/mol. The molecule has 1 fully saturated rings. The number of benzene rings is 1. The van der Waals surface area contributed by atoms with Crippen molar-refractivity contribution in [3.63, 3.8) is 0 Å². The van der Waals surface area contributed by atoms with Crippen molar-refractivity contribution in [2.45, 2.75) is 26.7 Å². The van der Waals surface area contributed by atoms with Gasteiger partial charge in [0.2, 0.25) is 5.91 Å². The first kappa shape index (κ1) is 15.3. The van der Waals surface area contributed by atoms with Gasteiger partial charge < -0.3 is 10.6 Å². The van der Waals surface area contributed by atoms with E-state index in [2.05, 4.69) is 10.6 Å². The number of rotatable bonds is 3. The molecule has 0 bridgehead atoms. The molecule has 5 heteroatoms. The normalized spacial score (nSPS) is 19.7. The summed E-state index contributed by atoms with van der Waals surface area (Å²) >= 11 is 5.80. The van der Waals surface area contributed by atoms with Gasteiger partial charge in [-0.2, -0.15) is 0 Å². The van der Waals surface area contributed by atoms with E-state index in [1.54, 1.807) is 6.07 Å². The van der Waals surface area contributed by atoms with Crippen molar-refractivity contribution in [3.8, 4) is 0 Å². The van der Waals surface area contributed by atoms with Crippen LogP contribution in [0.1, 0.15) is 26.7 Å². The molecule has 1 aromatic rings. The SMILES string of the molecule is CC(C)(C(=O)Nc1cc(F)cc(Cl)c1)C1CCCNC1. The maximum absolute atomic E-state index is 13.3. The summed E-state index contributed by atoms with van der Waals surface area (Å²) < 4.78 is 13.3. The van der Waals surface area contributed by atoms with Crippen LogP contribution in [0.25, 0.3) is 0 Å². The molecule has 1 aromatic carbocycles. The van der Waals surface area contributed by atoms with Gasteiger partial charge in [0.1, 0.15) is 5.82 Å². The number of hydrogen-bond donors (Lipinski definition) is 2. The Balaban J connectivity index is 2.09. The smallest absolute Gasteiger partial charge is 0.230 e. The molecule has 1 unspecified atom stereocenters. The number of carbonyl (C=O) groups excluding carboxylic acids is 1. The molecule has 2 N–H and O–H groups in total. The second-order valence-electron chi connectivity index (χ2n) is 5.88. The summed E-state index contributed by atoms with van der Waals surface area (Å²) in [5, 5.41) is 6.36. The van der Waals surface area contributed by atoms with Gasteiger partial charge in [0.15, 0.2) is 0 Å². The third kappa shape index (κ3) is 3.49. The zero-order valence-corrected chi connectivity index (χ0v) is 12.6. The van der Waals surface area contributed by atoms with E-state index in [0.29, 0.717) is 5.69 Å². The van der Waals surface area contributed by atoms with Crippen molar-refractivity contribution < 1.29 is 9.18 Å². The first-order valence-corrected chi connectivity index (χ1v) is 7.25. The van der Waals surface area contributed by atoms with Crippen molar-refractivity contribution in [2.24, 2.45) is 11.3 Å². The third-order valence-electron chi connectivity index (χ3n) is 4.02. The molecular formula is C15H20ClFN2O. The van der Waals surface area contributed by atoms with Gasteiger partial charge in [0.25, 0.3) is 0 Å². The van der Waals surface area contributed by atoms with Gasteiger partial charge in [-0.05, 0) is 50.0 Å². The molecule has 20 heavy (non-hydrogen) atoms. The van der Waals surface area contributed by atoms with Gasteiger partial charge in [-0.1, -0.05) is 25.4 Å². The van der Waals surface area contributed by atoms with Crippen molar-refractivity contribution in [3.05, 3.63) is 29.0 Å². The molecule has 1 saturated heterocycles. The zero-order valence-electron chi connectivity index (χ0n) is 11.8. The van der Waals surface area contributed by atoms with Crippen molar-refractivity contribution in [2.75, 3.05) is 18.4 Å². The molecule has 1 atom stereocenters. The summed E-state index contributed by atoms with van der Waals surface area (Å²) in [7, 11) is 0. The van der Waals surface area contributed by atoms with E-state index >= 15 is 0 Å². The number of anilines is 1. The summed E-state index contributed by atoms with van der Waals surface area (Å²) in [4.78, 5) is 12.5. The highest BCUT2D eigenvalue weighted by atomic mass is 35.5. The zero-order chi connectivity index (χ0) is 14.8. The van der Waals surface area contributed by atoms with Gasteiger partial charge in [-0.3, -0.25) is 4.79 Å². The predicted octanol–water partition coefficient (Wildman–Crippen LogP) is 3.44. The maximum atomic E-state index is 13.3. The molecule has 0 saturated carbocycles. The molecule has 2 rings (SSSR count). The van der Waals surface area contributed by atoms with Crippen LogP contribution < -0.4 is 10.6 Å². The second kappa shape index (κ2) is 6.10. The predicted molar refractivity (Wildman–Crippen MR) is 79.4 cm³/mol. The Kier molecular flexibility index (Phi) is 4.66. The number of amides is 1. The van der Waals surface area contributed by atoms with Crippen LogP contribution in [0.15, 0.2) is 18.2 Å². The average Bonchev–Trinajstić information content (AvgIpc) is 2.38. The molecule has 0 spiro atoms. The molecule has 0 aliphatic carbocycles. The summed E-state index contributed by atoms with van der Waals surface area (Å²) in [5.41, 5.74) is -0.108. The Morgan fingerprint density at radius 2 is 2.20 bits per heavy atom. The van der Waals surface area contributed by atoms with E-state index in [1.165, 1.54) is 12.1 Å². The Bertz CT molecular complexity index is 478. The van der Waals surface area contributed by atoms with Crippen LogP contribution in [0.2, 0.25) is 5.02 Å². The van der Waals surface area contributed by atoms with Gasteiger partial charge in [-0.25, -0.2) is 4.39 Å². The van der Waals surface area contributed by atoms with Gasteiger partial charge >= 0.3 is 0 Å². The van der Waals surface area contributed by atoms with Gasteiger partial charge in [0.05, 0.1) is 0 Å². The lowest BCUT2D eigenvalue weighted by molar-refractivity contribution is -0.127. The minimum atomic E-state index is -0.508. The number of nitrogens with one attached hydrogen (secondary N) is 2. The van der Waals surface area contributed by atoms with Crippen LogP contribution in [0.5, 0.6) is 0 Å². The first-order valence-electron chi connectivity index (χ1n) is 6.88. The highest BCUT2D eigenvalue weighted by molar-refractivity contribution is 6.30. The fraction of sp³-hybridized carbons (Fsp3) is 0.533. The lowest BCUT2D eigenvalue weighted by Crippen LogP contribution is -2.44. The van der Waals surface area contributed by atoms with Crippen molar-refractivity contribution in [1.29, 1.82) is 0 Å². The van der Waals surface area contributed by atoms with E-state index in [9.17, 15) is 9.18 Å². The van der Waals surface area contributed by atoms with Gasteiger partial charge in [-0.15, -0.1) is 0 Å². The summed E-state index contributed by atoms with van der Waals surface area (Å²) in [6.45, 7) is 5.71. The fourth-order valence-electron chi connectivity index (χ4n) is 2.57. The quantitative estimate of drug-likeness (QED) is 0.897. The van der Waals surface area contributed by atoms with Crippen LogP contribution in [0.4, 0.5) is 10.1 Å². The van der Waals surface area contributed by atoms with E-state index in [-0.39, 0.29) is 16.8 Å². The Hall–Kier alpha value is -1.13. The second-order valence-corrected chi connectivity index (χ2v) is 6.31. The number of carbonyl (C=O) groups is 1. The molecular weight excluding hydrogens is 279 g/mol. The third-order valence-corrected chi connectivity index (χ3v) is 4.24. The number of piperidine rings is 1. The van der Waals surface area contributed by atoms with Crippen LogP contribution in [-0.4, -0.2) is 19.0 Å². The lowest BCUT2D eigenvalue weighted by atomic mass is 9.74. The average molecular weight is 299 g/mol.